The number of anilines is 1. The number of thiazole rings is 1. The van der Waals surface area contributed by atoms with E-state index in [2.05, 4.69) is 34.0 Å². The van der Waals surface area contributed by atoms with Crippen LogP contribution < -0.4 is 22.3 Å². The Hall–Kier alpha value is -3.37. The van der Waals surface area contributed by atoms with E-state index in [0.717, 1.165) is 4.88 Å². The molecule has 0 unspecified atom stereocenters. The van der Waals surface area contributed by atoms with Crippen LogP contribution in [0.5, 0.6) is 0 Å². The average Bonchev–Trinajstić information content (AvgIpc) is 3.07. The summed E-state index contributed by atoms with van der Waals surface area (Å²) in [6.07, 6.45) is 1.58. The molecule has 0 radical (unpaired) electrons. The second-order valence-corrected chi connectivity index (χ2v) is 7.41. The van der Waals surface area contributed by atoms with Gasteiger partial charge in [-0.05, 0) is 55.9 Å². The molecule has 1 atom stereocenters. The van der Waals surface area contributed by atoms with Crippen molar-refractivity contribution in [3.63, 3.8) is 0 Å². The van der Waals surface area contributed by atoms with Gasteiger partial charge in [0.2, 0.25) is 0 Å². The topological polar surface area (TPSA) is 143 Å². The van der Waals surface area contributed by atoms with Crippen molar-refractivity contribution in [1.82, 2.24) is 15.8 Å². The molecule has 0 aliphatic carbocycles. The van der Waals surface area contributed by atoms with E-state index in [-0.39, 0.29) is 0 Å². The first-order valence-electron chi connectivity index (χ1n) is 8.08. The van der Waals surface area contributed by atoms with Crippen molar-refractivity contribution in [2.24, 2.45) is 5.73 Å². The van der Waals surface area contributed by atoms with Crippen LogP contribution in [0.4, 0.5) is 5.13 Å². The Morgan fingerprint density at radius 3 is 2.39 bits per heavy atom. The molecule has 1 heterocycles. The van der Waals surface area contributed by atoms with Crippen LogP contribution in [-0.4, -0.2) is 33.6 Å². The lowest BCUT2D eigenvalue weighted by atomic mass is 9.95. The summed E-state index contributed by atoms with van der Waals surface area (Å²) in [6.45, 7) is 3.13. The van der Waals surface area contributed by atoms with Gasteiger partial charge in [-0.3, -0.25) is 14.8 Å². The van der Waals surface area contributed by atoms with Gasteiger partial charge in [-0.15, -0.1) is 0 Å². The molecule has 0 spiro atoms. The summed E-state index contributed by atoms with van der Waals surface area (Å²) in [4.78, 5) is 28.7. The maximum absolute atomic E-state index is 12.4. The number of benzene rings is 1. The van der Waals surface area contributed by atoms with Gasteiger partial charge in [-0.1, -0.05) is 17.3 Å². The molecule has 28 heavy (non-hydrogen) atoms. The molecular weight excluding hydrogens is 378 g/mol. The fourth-order valence-corrected chi connectivity index (χ4v) is 2.65. The Morgan fingerprint density at radius 1 is 1.21 bits per heavy atom. The summed E-state index contributed by atoms with van der Waals surface area (Å²) in [6, 6.07) is 5.33. The lowest BCUT2D eigenvalue weighted by Crippen LogP contribution is -2.61. The summed E-state index contributed by atoms with van der Waals surface area (Å²) >= 11 is 1.28. The molecule has 0 saturated heterocycles. The molecule has 0 saturated carbocycles. The van der Waals surface area contributed by atoms with Gasteiger partial charge in [0.25, 0.3) is 11.8 Å². The van der Waals surface area contributed by atoms with Crippen molar-refractivity contribution in [2.45, 2.75) is 25.4 Å². The molecule has 0 aliphatic rings. The van der Waals surface area contributed by atoms with Gasteiger partial charge in [-0.25, -0.2) is 10.5 Å². The number of rotatable bonds is 4. The highest BCUT2D eigenvalue weighted by Crippen LogP contribution is 2.12. The molecule has 7 N–H and O–H groups in total. The molecule has 2 aromatic rings. The normalized spacial score (nSPS) is 11.3. The standard InChI is InChI=1S/C19H19N5O3S/c1-19(2,21)15(17(26)24-27)23-16(25)13-9-7-12(8-10-13)5-3-4-6-14-11-22-18(20)28-14/h7-11,15,27H,21H2,1-2H3,(H2,20,22)(H,23,25)(H,24,26)/t15-/m1/s1. The third-order valence-electron chi connectivity index (χ3n) is 3.52. The quantitative estimate of drug-likeness (QED) is 0.288. The van der Waals surface area contributed by atoms with Crippen LogP contribution in [0.15, 0.2) is 30.5 Å². The molecule has 9 heteroatoms. The van der Waals surface area contributed by atoms with Gasteiger partial charge in [-0.2, -0.15) is 0 Å². The van der Waals surface area contributed by atoms with E-state index >= 15 is 0 Å². The maximum Gasteiger partial charge on any atom is 0.267 e. The number of amides is 2. The molecule has 144 valence electrons. The molecule has 1 aromatic carbocycles. The van der Waals surface area contributed by atoms with Gasteiger partial charge in [0, 0.05) is 16.7 Å². The molecule has 2 rings (SSSR count). The Morgan fingerprint density at radius 2 is 1.86 bits per heavy atom. The van der Waals surface area contributed by atoms with Crippen molar-refractivity contribution >= 4 is 28.3 Å². The summed E-state index contributed by atoms with van der Waals surface area (Å²) in [5.41, 5.74) is 12.8. The summed E-state index contributed by atoms with van der Waals surface area (Å²) in [5.74, 6) is 9.81. The summed E-state index contributed by atoms with van der Waals surface area (Å²) in [5, 5.41) is 11.8. The average molecular weight is 397 g/mol. The van der Waals surface area contributed by atoms with Crippen molar-refractivity contribution in [3.05, 3.63) is 46.5 Å². The zero-order chi connectivity index (χ0) is 20.7. The van der Waals surface area contributed by atoms with Crippen molar-refractivity contribution in [2.75, 3.05) is 5.73 Å². The predicted octanol–water partition coefficient (Wildman–Crippen LogP) is 0.470. The van der Waals surface area contributed by atoms with Crippen molar-refractivity contribution in [1.29, 1.82) is 0 Å². The zero-order valence-electron chi connectivity index (χ0n) is 15.2. The SMILES string of the molecule is CC(C)(N)[C@H](NC(=O)c1ccc(C#CC#Cc2cnc(N)s2)cc1)C(=O)NO. The monoisotopic (exact) mass is 397 g/mol. The highest BCUT2D eigenvalue weighted by molar-refractivity contribution is 7.15. The second kappa shape index (κ2) is 9.02. The molecule has 8 nitrogen and oxygen atoms in total. The number of nitrogens with zero attached hydrogens (tertiary/aromatic N) is 1. The number of hydrogen-bond donors (Lipinski definition) is 5. The predicted molar refractivity (Wildman–Crippen MR) is 106 cm³/mol. The van der Waals surface area contributed by atoms with Crippen LogP contribution in [0.2, 0.25) is 0 Å². The third kappa shape index (κ3) is 5.83. The Labute approximate surface area is 166 Å². The van der Waals surface area contributed by atoms with E-state index in [1.165, 1.54) is 16.8 Å². The van der Waals surface area contributed by atoms with E-state index in [1.807, 2.05) is 0 Å². The van der Waals surface area contributed by atoms with Gasteiger partial charge < -0.3 is 16.8 Å². The van der Waals surface area contributed by atoms with Crippen LogP contribution in [-0.2, 0) is 4.79 Å². The van der Waals surface area contributed by atoms with Gasteiger partial charge in [0.1, 0.15) is 6.04 Å². The van der Waals surface area contributed by atoms with E-state index in [9.17, 15) is 9.59 Å². The molecule has 0 bridgehead atoms. The smallest absolute Gasteiger partial charge is 0.267 e. The number of hydroxylamine groups is 1. The fourth-order valence-electron chi connectivity index (χ4n) is 2.12. The Balaban J connectivity index is 2.06. The van der Waals surface area contributed by atoms with Crippen molar-refractivity contribution in [3.8, 4) is 23.7 Å². The second-order valence-electron chi connectivity index (χ2n) is 6.34. The fraction of sp³-hybridized carbons (Fsp3) is 0.211. The number of nitrogens with two attached hydrogens (primary N) is 2. The highest BCUT2D eigenvalue weighted by atomic mass is 32.1. The lowest BCUT2D eigenvalue weighted by Gasteiger charge is -2.29. The lowest BCUT2D eigenvalue weighted by molar-refractivity contribution is -0.132. The molecule has 0 aliphatic heterocycles. The highest BCUT2D eigenvalue weighted by Gasteiger charge is 2.33. The van der Waals surface area contributed by atoms with Crippen molar-refractivity contribution < 1.29 is 14.8 Å². The van der Waals surface area contributed by atoms with E-state index in [1.54, 1.807) is 44.3 Å². The van der Waals surface area contributed by atoms with E-state index in [4.69, 9.17) is 16.7 Å². The maximum atomic E-state index is 12.4. The van der Waals surface area contributed by atoms with Crippen LogP contribution >= 0.6 is 11.3 Å². The van der Waals surface area contributed by atoms with Crippen LogP contribution in [0.1, 0.15) is 34.6 Å². The number of aromatic nitrogens is 1. The van der Waals surface area contributed by atoms with Crippen LogP contribution in [0.3, 0.4) is 0 Å². The Bertz CT molecular complexity index is 985. The zero-order valence-corrected chi connectivity index (χ0v) is 16.1. The molecule has 0 fully saturated rings. The first-order valence-corrected chi connectivity index (χ1v) is 8.89. The molecule has 1 aromatic heterocycles. The number of nitrogens with one attached hydrogen (secondary N) is 2. The number of nitrogen functional groups attached to an aromatic ring is 1. The number of carbonyl (C=O) groups excluding carboxylic acids is 2. The summed E-state index contributed by atoms with van der Waals surface area (Å²) < 4.78 is 0. The van der Waals surface area contributed by atoms with Gasteiger partial charge in [0.05, 0.1) is 11.1 Å². The first-order chi connectivity index (χ1) is 13.2. The summed E-state index contributed by atoms with van der Waals surface area (Å²) in [7, 11) is 0. The minimum absolute atomic E-state index is 0.316. The minimum atomic E-state index is -1.11. The first kappa shape index (κ1) is 20.9. The van der Waals surface area contributed by atoms with Crippen LogP contribution in [0, 0.1) is 23.7 Å². The molecule has 2 amide bonds. The van der Waals surface area contributed by atoms with Gasteiger partial charge in [0.15, 0.2) is 5.13 Å². The Kier molecular flexibility index (Phi) is 6.74. The van der Waals surface area contributed by atoms with Crippen LogP contribution in [0.25, 0.3) is 0 Å². The van der Waals surface area contributed by atoms with Gasteiger partial charge >= 0.3 is 0 Å². The number of carbonyl (C=O) groups is 2. The van der Waals surface area contributed by atoms with E-state index < -0.39 is 23.4 Å². The number of hydrogen-bond acceptors (Lipinski definition) is 7. The van der Waals surface area contributed by atoms with E-state index in [0.29, 0.717) is 16.3 Å². The largest absolute Gasteiger partial charge is 0.375 e. The third-order valence-corrected chi connectivity index (χ3v) is 4.26. The molecular formula is C19H19N5O3S. The minimum Gasteiger partial charge on any atom is -0.375 e.